The van der Waals surface area contributed by atoms with Gasteiger partial charge >= 0.3 is 0 Å². The zero-order valence-electron chi connectivity index (χ0n) is 10.3. The van der Waals surface area contributed by atoms with Crippen molar-refractivity contribution in [2.24, 2.45) is 5.92 Å². The van der Waals surface area contributed by atoms with Crippen LogP contribution in [0.2, 0.25) is 0 Å². The molecule has 0 saturated carbocycles. The van der Waals surface area contributed by atoms with E-state index in [4.69, 9.17) is 4.74 Å². The molecule has 1 saturated heterocycles. The smallest absolute Gasteiger partial charge is 0.0600 e. The van der Waals surface area contributed by atoms with Crippen LogP contribution in [0.1, 0.15) is 33.6 Å². The standard InChI is InChI=1S/C12H24BrNO/c1-12(2,3)15-9-8-14-6-4-11(10-13)5-7-14/h11H,4-10H2,1-3H3. The van der Waals surface area contributed by atoms with Crippen molar-refractivity contribution >= 4 is 15.9 Å². The van der Waals surface area contributed by atoms with E-state index in [0.717, 1.165) is 19.1 Å². The van der Waals surface area contributed by atoms with E-state index in [2.05, 4.69) is 41.6 Å². The zero-order valence-corrected chi connectivity index (χ0v) is 11.8. The Hall–Kier alpha value is 0.400. The molecule has 0 aromatic carbocycles. The summed E-state index contributed by atoms with van der Waals surface area (Å²) < 4.78 is 5.73. The first kappa shape index (κ1) is 13.5. The molecule has 0 atom stereocenters. The van der Waals surface area contributed by atoms with Crippen molar-refractivity contribution in [2.45, 2.75) is 39.2 Å². The van der Waals surface area contributed by atoms with Gasteiger partial charge in [-0.2, -0.15) is 0 Å². The van der Waals surface area contributed by atoms with Crippen molar-refractivity contribution in [2.75, 3.05) is 31.6 Å². The molecule has 0 bridgehead atoms. The highest BCUT2D eigenvalue weighted by atomic mass is 79.9. The van der Waals surface area contributed by atoms with Crippen molar-refractivity contribution < 1.29 is 4.74 Å². The summed E-state index contributed by atoms with van der Waals surface area (Å²) in [6, 6.07) is 0. The quantitative estimate of drug-likeness (QED) is 0.733. The number of ether oxygens (including phenoxy) is 1. The van der Waals surface area contributed by atoms with Crippen molar-refractivity contribution in [1.82, 2.24) is 4.90 Å². The third-order valence-corrected chi connectivity index (χ3v) is 3.78. The molecular weight excluding hydrogens is 254 g/mol. The van der Waals surface area contributed by atoms with Gasteiger partial charge in [0.15, 0.2) is 0 Å². The molecular formula is C12H24BrNO. The van der Waals surface area contributed by atoms with E-state index < -0.39 is 0 Å². The van der Waals surface area contributed by atoms with Crippen LogP contribution in [-0.2, 0) is 4.74 Å². The lowest BCUT2D eigenvalue weighted by Gasteiger charge is -2.31. The molecule has 15 heavy (non-hydrogen) atoms. The van der Waals surface area contributed by atoms with E-state index in [0.29, 0.717) is 0 Å². The van der Waals surface area contributed by atoms with Gasteiger partial charge in [-0.15, -0.1) is 0 Å². The van der Waals surface area contributed by atoms with Crippen LogP contribution >= 0.6 is 15.9 Å². The molecule has 0 radical (unpaired) electrons. The van der Waals surface area contributed by atoms with Crippen LogP contribution < -0.4 is 0 Å². The maximum atomic E-state index is 5.73. The highest BCUT2D eigenvalue weighted by molar-refractivity contribution is 9.09. The molecule has 0 aromatic rings. The van der Waals surface area contributed by atoms with E-state index in [-0.39, 0.29) is 5.60 Å². The number of nitrogens with zero attached hydrogens (tertiary/aromatic N) is 1. The minimum absolute atomic E-state index is 0.00812. The van der Waals surface area contributed by atoms with E-state index in [1.807, 2.05) is 0 Å². The molecule has 0 N–H and O–H groups in total. The fourth-order valence-corrected chi connectivity index (χ4v) is 2.49. The summed E-state index contributed by atoms with van der Waals surface area (Å²) in [5.74, 6) is 0.893. The number of hydrogen-bond donors (Lipinski definition) is 0. The second kappa shape index (κ2) is 6.21. The average Bonchev–Trinajstić information content (AvgIpc) is 2.17. The normalized spacial score (nSPS) is 20.8. The van der Waals surface area contributed by atoms with Crippen LogP contribution in [0.15, 0.2) is 0 Å². The van der Waals surface area contributed by atoms with E-state index in [1.165, 1.54) is 31.3 Å². The van der Waals surface area contributed by atoms with Gasteiger partial charge in [-0.3, -0.25) is 0 Å². The SMILES string of the molecule is CC(C)(C)OCCN1CCC(CBr)CC1. The molecule has 1 heterocycles. The molecule has 3 heteroatoms. The molecule has 0 amide bonds. The van der Waals surface area contributed by atoms with Crippen molar-refractivity contribution in [1.29, 1.82) is 0 Å². The van der Waals surface area contributed by atoms with Crippen LogP contribution in [0.5, 0.6) is 0 Å². The Kier molecular flexibility index (Phi) is 5.58. The highest BCUT2D eigenvalue weighted by Crippen LogP contribution is 2.18. The number of halogens is 1. The summed E-state index contributed by atoms with van der Waals surface area (Å²) in [5, 5.41) is 1.17. The number of hydrogen-bond acceptors (Lipinski definition) is 2. The van der Waals surface area contributed by atoms with Gasteiger partial charge < -0.3 is 9.64 Å². The fraction of sp³-hybridized carbons (Fsp3) is 1.00. The second-order valence-corrected chi connectivity index (χ2v) is 6.05. The van der Waals surface area contributed by atoms with E-state index in [1.54, 1.807) is 0 Å². The molecule has 0 aliphatic carbocycles. The molecule has 1 rings (SSSR count). The lowest BCUT2D eigenvalue weighted by atomic mass is 9.99. The first-order valence-electron chi connectivity index (χ1n) is 5.93. The monoisotopic (exact) mass is 277 g/mol. The lowest BCUT2D eigenvalue weighted by molar-refractivity contribution is -0.0158. The molecule has 1 fully saturated rings. The summed E-state index contributed by atoms with van der Waals surface area (Å²) in [6.45, 7) is 10.8. The number of rotatable bonds is 4. The summed E-state index contributed by atoms with van der Waals surface area (Å²) >= 11 is 3.57. The van der Waals surface area contributed by atoms with Crippen LogP contribution in [0, 0.1) is 5.92 Å². The number of likely N-dealkylation sites (tertiary alicyclic amines) is 1. The van der Waals surface area contributed by atoms with Gasteiger partial charge in [0.1, 0.15) is 0 Å². The van der Waals surface area contributed by atoms with Gasteiger partial charge in [0.25, 0.3) is 0 Å². The van der Waals surface area contributed by atoms with Crippen LogP contribution in [-0.4, -0.2) is 42.1 Å². The predicted molar refractivity (Wildman–Crippen MR) is 68.7 cm³/mol. The molecule has 0 spiro atoms. The Balaban J connectivity index is 2.09. The van der Waals surface area contributed by atoms with Gasteiger partial charge in [0.2, 0.25) is 0 Å². The zero-order chi connectivity index (χ0) is 11.3. The number of alkyl halides is 1. The average molecular weight is 278 g/mol. The molecule has 1 aliphatic heterocycles. The maximum Gasteiger partial charge on any atom is 0.0600 e. The van der Waals surface area contributed by atoms with Crippen LogP contribution in [0.4, 0.5) is 0 Å². The van der Waals surface area contributed by atoms with Gasteiger partial charge in [-0.05, 0) is 52.6 Å². The Morgan fingerprint density at radius 1 is 1.27 bits per heavy atom. The minimum atomic E-state index is 0.00812. The first-order chi connectivity index (χ1) is 7.01. The fourth-order valence-electron chi connectivity index (χ4n) is 1.85. The van der Waals surface area contributed by atoms with Crippen LogP contribution in [0.3, 0.4) is 0 Å². The minimum Gasteiger partial charge on any atom is -0.375 e. The van der Waals surface area contributed by atoms with Crippen molar-refractivity contribution in [3.8, 4) is 0 Å². The third kappa shape index (κ3) is 5.88. The number of piperidine rings is 1. The molecule has 0 unspecified atom stereocenters. The molecule has 1 aliphatic rings. The highest BCUT2D eigenvalue weighted by Gasteiger charge is 2.18. The molecule has 0 aromatic heterocycles. The Morgan fingerprint density at radius 2 is 1.87 bits per heavy atom. The van der Waals surface area contributed by atoms with Gasteiger partial charge in [-0.25, -0.2) is 0 Å². The summed E-state index contributed by atoms with van der Waals surface area (Å²) in [4.78, 5) is 2.52. The van der Waals surface area contributed by atoms with Crippen molar-refractivity contribution in [3.05, 3.63) is 0 Å². The second-order valence-electron chi connectivity index (χ2n) is 5.40. The third-order valence-electron chi connectivity index (χ3n) is 2.87. The lowest BCUT2D eigenvalue weighted by Crippen LogP contribution is -2.37. The Bertz CT molecular complexity index is 171. The topological polar surface area (TPSA) is 12.5 Å². The molecule has 90 valence electrons. The predicted octanol–water partition coefficient (Wildman–Crippen LogP) is 2.91. The molecule has 2 nitrogen and oxygen atoms in total. The largest absolute Gasteiger partial charge is 0.375 e. The van der Waals surface area contributed by atoms with E-state index in [9.17, 15) is 0 Å². The van der Waals surface area contributed by atoms with Gasteiger partial charge in [-0.1, -0.05) is 15.9 Å². The summed E-state index contributed by atoms with van der Waals surface area (Å²) in [6.07, 6.45) is 2.67. The maximum absolute atomic E-state index is 5.73. The summed E-state index contributed by atoms with van der Waals surface area (Å²) in [5.41, 5.74) is 0.00812. The Labute approximate surface area is 102 Å². The summed E-state index contributed by atoms with van der Waals surface area (Å²) in [7, 11) is 0. The van der Waals surface area contributed by atoms with Gasteiger partial charge in [0, 0.05) is 11.9 Å². The van der Waals surface area contributed by atoms with Gasteiger partial charge in [0.05, 0.1) is 12.2 Å². The van der Waals surface area contributed by atoms with Crippen molar-refractivity contribution in [3.63, 3.8) is 0 Å². The van der Waals surface area contributed by atoms with E-state index >= 15 is 0 Å². The Morgan fingerprint density at radius 3 is 2.33 bits per heavy atom. The van der Waals surface area contributed by atoms with Crippen LogP contribution in [0.25, 0.3) is 0 Å². The first-order valence-corrected chi connectivity index (χ1v) is 7.05.